The van der Waals surface area contributed by atoms with E-state index < -0.39 is 0 Å². The summed E-state index contributed by atoms with van der Waals surface area (Å²) >= 11 is 1.33. The Bertz CT molecular complexity index is 879. The summed E-state index contributed by atoms with van der Waals surface area (Å²) in [6.07, 6.45) is 0.817. The quantitative estimate of drug-likeness (QED) is 0.650. The first kappa shape index (κ1) is 18.1. The van der Waals surface area contributed by atoms with Gasteiger partial charge in [0.2, 0.25) is 11.1 Å². The third kappa shape index (κ3) is 4.70. The van der Waals surface area contributed by atoms with Crippen molar-refractivity contribution < 1.29 is 4.79 Å². The fourth-order valence-electron chi connectivity index (χ4n) is 2.64. The van der Waals surface area contributed by atoms with Crippen molar-refractivity contribution in [1.29, 1.82) is 0 Å². The lowest BCUT2D eigenvalue weighted by Crippen LogP contribution is -2.27. The van der Waals surface area contributed by atoms with Crippen molar-refractivity contribution in [2.75, 3.05) is 12.3 Å². The van der Waals surface area contributed by atoms with Gasteiger partial charge >= 0.3 is 0 Å². The van der Waals surface area contributed by atoms with Crippen molar-refractivity contribution in [3.63, 3.8) is 0 Å². The number of aromatic nitrogens is 4. The third-order valence-electron chi connectivity index (χ3n) is 3.93. The number of tetrazole rings is 1. The molecule has 3 rings (SSSR count). The second-order valence-corrected chi connectivity index (χ2v) is 6.98. The summed E-state index contributed by atoms with van der Waals surface area (Å²) in [5.74, 6) is 0.251. The molecule has 0 saturated heterocycles. The van der Waals surface area contributed by atoms with E-state index in [-0.39, 0.29) is 11.7 Å². The molecule has 26 heavy (non-hydrogen) atoms. The molecule has 0 aliphatic carbocycles. The molecule has 6 nitrogen and oxygen atoms in total. The lowest BCUT2D eigenvalue weighted by Gasteiger charge is -2.08. The van der Waals surface area contributed by atoms with Gasteiger partial charge in [-0.15, -0.1) is 5.10 Å². The van der Waals surface area contributed by atoms with E-state index in [2.05, 4.69) is 39.0 Å². The van der Waals surface area contributed by atoms with Crippen molar-refractivity contribution >= 4 is 17.7 Å². The molecular weight excluding hydrogens is 346 g/mol. The summed E-state index contributed by atoms with van der Waals surface area (Å²) in [5, 5.41) is 15.4. The Balaban J connectivity index is 1.54. The maximum atomic E-state index is 12.1. The summed E-state index contributed by atoms with van der Waals surface area (Å²) in [7, 11) is 0. The molecule has 0 radical (unpaired) electrons. The molecule has 1 amide bonds. The van der Waals surface area contributed by atoms with Crippen LogP contribution in [-0.4, -0.2) is 38.4 Å². The molecule has 2 aromatic carbocycles. The van der Waals surface area contributed by atoms with E-state index >= 15 is 0 Å². The monoisotopic (exact) mass is 367 g/mol. The van der Waals surface area contributed by atoms with Gasteiger partial charge in [-0.3, -0.25) is 4.79 Å². The SMILES string of the molecule is Cc1ccc(-n2nnnc2SCC(=O)NCCc2ccccc2)c(C)c1. The molecule has 0 fully saturated rings. The number of benzene rings is 2. The molecule has 0 saturated carbocycles. The average Bonchev–Trinajstić information content (AvgIpc) is 3.09. The van der Waals surface area contributed by atoms with Gasteiger partial charge < -0.3 is 5.32 Å². The van der Waals surface area contributed by atoms with Crippen LogP contribution in [0.4, 0.5) is 0 Å². The molecule has 1 aromatic heterocycles. The third-order valence-corrected chi connectivity index (χ3v) is 4.85. The predicted octanol–water partition coefficient (Wildman–Crippen LogP) is 2.73. The molecule has 1 N–H and O–H groups in total. The summed E-state index contributed by atoms with van der Waals surface area (Å²) in [6, 6.07) is 16.2. The zero-order valence-corrected chi connectivity index (χ0v) is 15.7. The van der Waals surface area contributed by atoms with Crippen molar-refractivity contribution in [1.82, 2.24) is 25.5 Å². The molecular formula is C19H21N5OS. The number of amides is 1. The van der Waals surface area contributed by atoms with Gasteiger partial charge in [-0.25, -0.2) is 0 Å². The van der Waals surface area contributed by atoms with Crippen LogP contribution in [0.15, 0.2) is 53.7 Å². The van der Waals surface area contributed by atoms with Crippen LogP contribution < -0.4 is 5.32 Å². The predicted molar refractivity (Wildman–Crippen MR) is 103 cm³/mol. The highest BCUT2D eigenvalue weighted by molar-refractivity contribution is 7.99. The number of thioether (sulfide) groups is 1. The number of aryl methyl sites for hydroxylation is 2. The van der Waals surface area contributed by atoms with Crippen LogP contribution in [0.25, 0.3) is 5.69 Å². The van der Waals surface area contributed by atoms with E-state index in [9.17, 15) is 4.79 Å². The number of rotatable bonds is 7. The first-order valence-corrected chi connectivity index (χ1v) is 9.41. The molecule has 0 spiro atoms. The van der Waals surface area contributed by atoms with Crippen LogP contribution in [0.5, 0.6) is 0 Å². The van der Waals surface area contributed by atoms with E-state index in [1.807, 2.05) is 44.2 Å². The van der Waals surface area contributed by atoms with Gasteiger partial charge in [-0.1, -0.05) is 59.8 Å². The standard InChI is InChI=1S/C19H21N5OS/c1-14-8-9-17(15(2)12-14)24-19(21-22-23-24)26-13-18(25)20-11-10-16-6-4-3-5-7-16/h3-9,12H,10-11,13H2,1-2H3,(H,20,25). The maximum Gasteiger partial charge on any atom is 0.230 e. The summed E-state index contributed by atoms with van der Waals surface area (Å²) < 4.78 is 1.68. The van der Waals surface area contributed by atoms with Gasteiger partial charge in [0.25, 0.3) is 0 Å². The topological polar surface area (TPSA) is 72.7 Å². The largest absolute Gasteiger partial charge is 0.355 e. The highest BCUT2D eigenvalue weighted by atomic mass is 32.2. The fraction of sp³-hybridized carbons (Fsp3) is 0.263. The molecule has 134 valence electrons. The molecule has 0 aliphatic rings. The van der Waals surface area contributed by atoms with Gasteiger partial charge in [-0.05, 0) is 47.9 Å². The highest BCUT2D eigenvalue weighted by Gasteiger charge is 2.13. The van der Waals surface area contributed by atoms with E-state index in [4.69, 9.17) is 0 Å². The number of nitrogens with zero attached hydrogens (tertiary/aromatic N) is 4. The van der Waals surface area contributed by atoms with Crippen LogP contribution in [0.3, 0.4) is 0 Å². The van der Waals surface area contributed by atoms with Crippen LogP contribution in [0, 0.1) is 13.8 Å². The Kier molecular flexibility index (Phi) is 6.01. The van der Waals surface area contributed by atoms with Crippen molar-refractivity contribution in [2.24, 2.45) is 0 Å². The van der Waals surface area contributed by atoms with Crippen LogP contribution in [0.1, 0.15) is 16.7 Å². The van der Waals surface area contributed by atoms with E-state index in [0.29, 0.717) is 11.7 Å². The van der Waals surface area contributed by atoms with Gasteiger partial charge in [0.05, 0.1) is 11.4 Å². The molecule has 1 heterocycles. The Hall–Kier alpha value is -2.67. The normalized spacial score (nSPS) is 10.7. The number of carbonyl (C=O) groups excluding carboxylic acids is 1. The molecule has 3 aromatic rings. The molecule has 0 atom stereocenters. The summed E-state index contributed by atoms with van der Waals surface area (Å²) in [4.78, 5) is 12.1. The lowest BCUT2D eigenvalue weighted by molar-refractivity contribution is -0.118. The van der Waals surface area contributed by atoms with E-state index in [1.54, 1.807) is 4.68 Å². The first-order valence-electron chi connectivity index (χ1n) is 8.43. The van der Waals surface area contributed by atoms with E-state index in [0.717, 1.165) is 17.7 Å². The van der Waals surface area contributed by atoms with Gasteiger partial charge in [-0.2, -0.15) is 4.68 Å². The van der Waals surface area contributed by atoms with Gasteiger partial charge in [0.15, 0.2) is 0 Å². The summed E-state index contributed by atoms with van der Waals surface area (Å²) in [5.41, 5.74) is 4.41. The molecule has 0 bridgehead atoms. The van der Waals surface area contributed by atoms with Crippen molar-refractivity contribution in [3.05, 3.63) is 65.2 Å². The number of hydrogen-bond donors (Lipinski definition) is 1. The molecule has 0 aliphatic heterocycles. The Morgan fingerprint density at radius 1 is 1.15 bits per heavy atom. The lowest BCUT2D eigenvalue weighted by atomic mass is 10.1. The zero-order valence-electron chi connectivity index (χ0n) is 14.8. The number of nitrogens with one attached hydrogen (secondary N) is 1. The molecule has 7 heteroatoms. The zero-order chi connectivity index (χ0) is 18.4. The van der Waals surface area contributed by atoms with Gasteiger partial charge in [0.1, 0.15) is 0 Å². The van der Waals surface area contributed by atoms with Crippen LogP contribution in [-0.2, 0) is 11.2 Å². The second kappa shape index (κ2) is 8.62. The fourth-order valence-corrected chi connectivity index (χ4v) is 3.35. The molecule has 0 unspecified atom stereocenters. The first-order chi connectivity index (χ1) is 12.6. The Morgan fingerprint density at radius 3 is 2.73 bits per heavy atom. The Labute approximate surface area is 157 Å². The van der Waals surface area contributed by atoms with Gasteiger partial charge in [0, 0.05) is 6.54 Å². The second-order valence-electron chi connectivity index (χ2n) is 6.04. The minimum Gasteiger partial charge on any atom is -0.355 e. The van der Waals surface area contributed by atoms with Crippen LogP contribution in [0.2, 0.25) is 0 Å². The highest BCUT2D eigenvalue weighted by Crippen LogP contribution is 2.21. The smallest absolute Gasteiger partial charge is 0.230 e. The Morgan fingerprint density at radius 2 is 1.96 bits per heavy atom. The number of hydrogen-bond acceptors (Lipinski definition) is 5. The number of carbonyl (C=O) groups is 1. The van der Waals surface area contributed by atoms with Crippen LogP contribution >= 0.6 is 11.8 Å². The van der Waals surface area contributed by atoms with Crippen molar-refractivity contribution in [2.45, 2.75) is 25.4 Å². The van der Waals surface area contributed by atoms with Crippen molar-refractivity contribution in [3.8, 4) is 5.69 Å². The minimum atomic E-state index is -0.0268. The summed E-state index contributed by atoms with van der Waals surface area (Å²) in [6.45, 7) is 4.69. The average molecular weight is 367 g/mol. The minimum absolute atomic E-state index is 0.0268. The van der Waals surface area contributed by atoms with E-state index in [1.165, 1.54) is 22.9 Å². The maximum absolute atomic E-state index is 12.1.